The first-order valence-electron chi connectivity index (χ1n) is 5.00. The highest BCUT2D eigenvalue weighted by atomic mass is 32.5. The second-order valence-electron chi connectivity index (χ2n) is 4.44. The standard InChI is InChI=1S/C10H10F5NOS/c11-18(12,13,14,15)8-3-1-7(2-4-8)10(5-6-10)9(16)17/h1-4H,5-6H2,(H2,16,17). The van der Waals surface area contributed by atoms with Crippen LogP contribution in [-0.2, 0) is 10.2 Å². The Morgan fingerprint density at radius 1 is 1.06 bits per heavy atom. The molecule has 18 heavy (non-hydrogen) atoms. The maximum Gasteiger partial charge on any atom is 0.310 e. The molecule has 0 aromatic heterocycles. The van der Waals surface area contributed by atoms with E-state index in [2.05, 4.69) is 0 Å². The predicted molar refractivity (Wildman–Crippen MR) is 57.9 cm³/mol. The fourth-order valence-corrected chi connectivity index (χ4v) is 2.48. The highest BCUT2D eigenvalue weighted by Crippen LogP contribution is 3.02. The van der Waals surface area contributed by atoms with Gasteiger partial charge in [0.15, 0.2) is 0 Å². The molecule has 0 aliphatic heterocycles. The van der Waals surface area contributed by atoms with Crippen LogP contribution in [0.25, 0.3) is 0 Å². The molecule has 0 saturated heterocycles. The summed E-state index contributed by atoms with van der Waals surface area (Å²) in [6, 6.07) is 2.40. The van der Waals surface area contributed by atoms with E-state index in [1.54, 1.807) is 0 Å². The maximum atomic E-state index is 12.5. The molecule has 102 valence electrons. The largest absolute Gasteiger partial charge is 0.369 e. The van der Waals surface area contributed by atoms with Crippen LogP contribution in [0.4, 0.5) is 19.4 Å². The molecule has 0 atom stereocenters. The Hall–Kier alpha value is -1.31. The summed E-state index contributed by atoms with van der Waals surface area (Å²) >= 11 is 0. The third-order valence-electron chi connectivity index (χ3n) is 3.07. The molecule has 8 heteroatoms. The molecule has 2 N–H and O–H groups in total. The number of carbonyl (C=O) groups excluding carboxylic acids is 1. The van der Waals surface area contributed by atoms with Gasteiger partial charge >= 0.3 is 10.2 Å². The van der Waals surface area contributed by atoms with Gasteiger partial charge < -0.3 is 5.73 Å². The van der Waals surface area contributed by atoms with Gasteiger partial charge in [0.2, 0.25) is 5.91 Å². The second-order valence-corrected chi connectivity index (χ2v) is 6.85. The van der Waals surface area contributed by atoms with Gasteiger partial charge in [-0.3, -0.25) is 4.79 Å². The fourth-order valence-electron chi connectivity index (χ4n) is 1.83. The van der Waals surface area contributed by atoms with Crippen LogP contribution < -0.4 is 5.73 Å². The molecule has 0 spiro atoms. The normalized spacial score (nSPS) is 21.8. The summed E-state index contributed by atoms with van der Waals surface area (Å²) in [5, 5.41) is 0. The SMILES string of the molecule is NC(=O)C1(c2ccc(S(F)(F)(F)(F)F)cc2)CC1. The Balaban J connectivity index is 2.42. The van der Waals surface area contributed by atoms with Gasteiger partial charge in [-0.2, -0.15) is 0 Å². The molecule has 2 rings (SSSR count). The molecule has 2 nitrogen and oxygen atoms in total. The minimum Gasteiger partial charge on any atom is -0.369 e. The van der Waals surface area contributed by atoms with Crippen LogP contribution in [0.2, 0.25) is 0 Å². The van der Waals surface area contributed by atoms with E-state index in [-0.39, 0.29) is 5.56 Å². The average Bonchev–Trinajstić information content (AvgIpc) is 2.95. The number of hydrogen-bond acceptors (Lipinski definition) is 1. The fraction of sp³-hybridized carbons (Fsp3) is 0.300. The van der Waals surface area contributed by atoms with Crippen molar-refractivity contribution in [3.8, 4) is 0 Å². The average molecular weight is 287 g/mol. The first kappa shape index (κ1) is 13.1. The van der Waals surface area contributed by atoms with E-state index in [0.717, 1.165) is 12.1 Å². The molecule has 1 aliphatic rings. The predicted octanol–water partition coefficient (Wildman–Crippen LogP) is 3.86. The van der Waals surface area contributed by atoms with Crippen LogP contribution in [0.15, 0.2) is 29.2 Å². The van der Waals surface area contributed by atoms with Crippen LogP contribution in [0.5, 0.6) is 0 Å². The number of halogens is 5. The van der Waals surface area contributed by atoms with E-state index in [0.29, 0.717) is 25.0 Å². The zero-order valence-electron chi connectivity index (χ0n) is 9.01. The van der Waals surface area contributed by atoms with E-state index in [1.165, 1.54) is 0 Å². The smallest absolute Gasteiger partial charge is 0.310 e. The van der Waals surface area contributed by atoms with Crippen molar-refractivity contribution in [2.45, 2.75) is 23.2 Å². The van der Waals surface area contributed by atoms with Gasteiger partial charge in [-0.25, -0.2) is 0 Å². The molecule has 1 aliphatic carbocycles. The lowest BCUT2D eigenvalue weighted by Gasteiger charge is -2.40. The summed E-state index contributed by atoms with van der Waals surface area (Å²) in [4.78, 5) is 9.19. The molecule has 1 saturated carbocycles. The molecule has 1 fully saturated rings. The van der Waals surface area contributed by atoms with Crippen molar-refractivity contribution >= 4 is 16.1 Å². The highest BCUT2D eigenvalue weighted by Gasteiger charge is 2.65. The Bertz CT molecular complexity index is 517. The van der Waals surface area contributed by atoms with Crippen LogP contribution >= 0.6 is 10.2 Å². The van der Waals surface area contributed by atoms with Crippen molar-refractivity contribution in [1.82, 2.24) is 0 Å². The molecule has 0 heterocycles. The van der Waals surface area contributed by atoms with E-state index in [4.69, 9.17) is 5.73 Å². The quantitative estimate of drug-likeness (QED) is 0.843. The topological polar surface area (TPSA) is 43.1 Å². The van der Waals surface area contributed by atoms with Crippen molar-refractivity contribution < 1.29 is 24.2 Å². The van der Waals surface area contributed by atoms with E-state index in [9.17, 15) is 24.2 Å². The van der Waals surface area contributed by atoms with Gasteiger partial charge in [0, 0.05) is 0 Å². The van der Waals surface area contributed by atoms with Gasteiger partial charge in [-0.15, -0.1) is 0 Å². The lowest BCUT2D eigenvalue weighted by Crippen LogP contribution is -2.28. The van der Waals surface area contributed by atoms with E-state index < -0.39 is 26.4 Å². The number of nitrogens with two attached hydrogens (primary N) is 1. The lowest BCUT2D eigenvalue weighted by atomic mass is 9.95. The van der Waals surface area contributed by atoms with Crippen molar-refractivity contribution in [3.63, 3.8) is 0 Å². The number of primary amides is 1. The summed E-state index contributed by atoms with van der Waals surface area (Å²) in [5.41, 5.74) is 4.41. The molecular weight excluding hydrogens is 277 g/mol. The van der Waals surface area contributed by atoms with Crippen LogP contribution in [0.3, 0.4) is 0 Å². The first-order valence-corrected chi connectivity index (χ1v) is 6.95. The molecule has 0 radical (unpaired) electrons. The van der Waals surface area contributed by atoms with E-state index >= 15 is 0 Å². The summed E-state index contributed by atoms with van der Waals surface area (Å²) in [7, 11) is -9.64. The maximum absolute atomic E-state index is 12.5. The monoisotopic (exact) mass is 287 g/mol. The Labute approximate surface area is 99.7 Å². The second kappa shape index (κ2) is 2.81. The molecular formula is C10H10F5NOS. The van der Waals surface area contributed by atoms with Gasteiger partial charge in [0.25, 0.3) is 0 Å². The van der Waals surface area contributed by atoms with Gasteiger partial charge in [-0.05, 0) is 30.5 Å². The van der Waals surface area contributed by atoms with Crippen molar-refractivity contribution in [1.29, 1.82) is 0 Å². The number of amides is 1. The summed E-state index contributed by atoms with van der Waals surface area (Å²) < 4.78 is 62.3. The summed E-state index contributed by atoms with van der Waals surface area (Å²) in [5.74, 6) is -0.650. The number of benzene rings is 1. The third-order valence-corrected chi connectivity index (χ3v) is 4.24. The van der Waals surface area contributed by atoms with Crippen molar-refractivity contribution in [2.24, 2.45) is 5.73 Å². The van der Waals surface area contributed by atoms with Crippen LogP contribution in [-0.4, -0.2) is 5.91 Å². The highest BCUT2D eigenvalue weighted by molar-refractivity contribution is 8.45. The number of hydrogen-bond donors (Lipinski definition) is 1. The molecule has 0 unspecified atom stereocenters. The minimum atomic E-state index is -9.64. The third kappa shape index (κ3) is 2.16. The Morgan fingerprint density at radius 3 is 1.78 bits per heavy atom. The minimum absolute atomic E-state index is 0.251. The molecule has 1 aromatic rings. The van der Waals surface area contributed by atoms with Crippen LogP contribution in [0, 0.1) is 0 Å². The van der Waals surface area contributed by atoms with Gasteiger partial charge in [0.1, 0.15) is 4.90 Å². The Morgan fingerprint density at radius 2 is 1.50 bits per heavy atom. The molecule has 0 bridgehead atoms. The molecule has 1 amide bonds. The lowest BCUT2D eigenvalue weighted by molar-refractivity contribution is -0.120. The number of carbonyl (C=O) groups is 1. The summed E-state index contributed by atoms with van der Waals surface area (Å²) in [6.07, 6.45) is 0.857. The zero-order valence-corrected chi connectivity index (χ0v) is 9.82. The number of rotatable bonds is 3. The molecule has 1 aromatic carbocycles. The first-order chi connectivity index (χ1) is 7.85. The van der Waals surface area contributed by atoms with Gasteiger partial charge in [0.05, 0.1) is 5.41 Å². The van der Waals surface area contributed by atoms with Crippen LogP contribution in [0.1, 0.15) is 18.4 Å². The summed E-state index contributed by atoms with van der Waals surface area (Å²) in [6.45, 7) is 0. The van der Waals surface area contributed by atoms with Crippen molar-refractivity contribution in [2.75, 3.05) is 0 Å². The zero-order chi connectivity index (χ0) is 13.9. The van der Waals surface area contributed by atoms with Gasteiger partial charge in [-0.1, -0.05) is 31.6 Å². The Kier molecular flexibility index (Phi) is 2.05. The van der Waals surface area contributed by atoms with E-state index in [1.807, 2.05) is 0 Å². The van der Waals surface area contributed by atoms with Crippen molar-refractivity contribution in [3.05, 3.63) is 29.8 Å².